The molecular formula is C16H20F3N5S. The van der Waals surface area contributed by atoms with Crippen LogP contribution in [-0.2, 0) is 12.7 Å². The van der Waals surface area contributed by atoms with Gasteiger partial charge in [-0.25, -0.2) is 9.97 Å². The fourth-order valence-corrected chi connectivity index (χ4v) is 3.35. The van der Waals surface area contributed by atoms with Gasteiger partial charge in [0.2, 0.25) is 0 Å². The molecule has 0 unspecified atom stereocenters. The average Bonchev–Trinajstić information content (AvgIpc) is 3.10. The fraction of sp³-hybridized carbons (Fsp3) is 0.500. The highest BCUT2D eigenvalue weighted by atomic mass is 32.1. The molecule has 0 bridgehead atoms. The van der Waals surface area contributed by atoms with Gasteiger partial charge in [0.25, 0.3) is 0 Å². The van der Waals surface area contributed by atoms with Crippen LogP contribution < -0.4 is 10.2 Å². The number of nitrogens with zero attached hydrogens (tertiary/aromatic N) is 4. The zero-order valence-electron chi connectivity index (χ0n) is 13.9. The third-order valence-electron chi connectivity index (χ3n) is 4.18. The molecule has 1 aliphatic rings. The van der Waals surface area contributed by atoms with Crippen LogP contribution >= 0.6 is 11.3 Å². The van der Waals surface area contributed by atoms with E-state index >= 15 is 0 Å². The van der Waals surface area contributed by atoms with E-state index in [1.807, 2.05) is 12.1 Å². The maximum atomic E-state index is 12.6. The summed E-state index contributed by atoms with van der Waals surface area (Å²) >= 11 is 0.607. The monoisotopic (exact) mass is 371 g/mol. The van der Waals surface area contributed by atoms with Crippen molar-refractivity contribution in [3.63, 3.8) is 0 Å². The molecule has 1 aliphatic heterocycles. The number of nitrogens with one attached hydrogen (secondary N) is 1. The highest BCUT2D eigenvalue weighted by molar-refractivity contribution is 7.15. The molecule has 5 nitrogen and oxygen atoms in total. The zero-order chi connectivity index (χ0) is 17.9. The van der Waals surface area contributed by atoms with Gasteiger partial charge in [0.1, 0.15) is 10.7 Å². The Morgan fingerprint density at radius 2 is 1.88 bits per heavy atom. The van der Waals surface area contributed by atoms with Gasteiger partial charge in [0.15, 0.2) is 5.13 Å². The van der Waals surface area contributed by atoms with Crippen LogP contribution in [0.1, 0.15) is 17.4 Å². The van der Waals surface area contributed by atoms with Crippen LogP contribution in [0, 0.1) is 0 Å². The molecule has 0 amide bonds. The number of thiazole rings is 1. The highest BCUT2D eigenvalue weighted by Crippen LogP contribution is 2.35. The van der Waals surface area contributed by atoms with Crippen LogP contribution in [0.3, 0.4) is 0 Å². The average molecular weight is 371 g/mol. The molecule has 3 rings (SSSR count). The van der Waals surface area contributed by atoms with Crippen LogP contribution in [0.4, 0.5) is 24.1 Å². The molecule has 25 heavy (non-hydrogen) atoms. The van der Waals surface area contributed by atoms with Gasteiger partial charge in [-0.3, -0.25) is 0 Å². The number of hydrogen-bond acceptors (Lipinski definition) is 6. The van der Waals surface area contributed by atoms with Gasteiger partial charge in [0, 0.05) is 38.9 Å². The first-order valence-electron chi connectivity index (χ1n) is 8.15. The molecule has 2 aromatic heterocycles. The maximum Gasteiger partial charge on any atom is 0.427 e. The van der Waals surface area contributed by atoms with Gasteiger partial charge >= 0.3 is 6.18 Å². The molecule has 0 aromatic carbocycles. The fourth-order valence-electron chi connectivity index (χ4n) is 2.67. The van der Waals surface area contributed by atoms with E-state index in [0.717, 1.165) is 50.3 Å². The Bertz CT molecular complexity index is 678. The lowest BCUT2D eigenvalue weighted by molar-refractivity contribution is -0.134. The van der Waals surface area contributed by atoms with Crippen molar-refractivity contribution in [2.45, 2.75) is 19.6 Å². The molecule has 0 aliphatic carbocycles. The topological polar surface area (TPSA) is 44.3 Å². The number of pyridine rings is 1. The zero-order valence-corrected chi connectivity index (χ0v) is 14.7. The Labute approximate surface area is 148 Å². The Kier molecular flexibility index (Phi) is 5.43. The molecule has 1 saturated heterocycles. The molecule has 0 spiro atoms. The molecular weight excluding hydrogens is 351 g/mol. The van der Waals surface area contributed by atoms with Gasteiger partial charge in [-0.05, 0) is 18.2 Å². The van der Waals surface area contributed by atoms with Crippen LogP contribution in [-0.4, -0.2) is 47.6 Å². The standard InChI is InChI=1S/C16H20F3N5S/c1-2-23-5-7-24(8-6-23)14-4-3-12(9-20-14)10-21-15-22-11-13(25-15)16(17,18)19/h3-4,9,11H,2,5-8,10H2,1H3,(H,21,22). The summed E-state index contributed by atoms with van der Waals surface area (Å²) in [6, 6.07) is 3.90. The summed E-state index contributed by atoms with van der Waals surface area (Å²) in [5.41, 5.74) is 0.903. The van der Waals surface area contributed by atoms with Crippen LogP contribution in [0.5, 0.6) is 0 Å². The maximum absolute atomic E-state index is 12.6. The van der Waals surface area contributed by atoms with E-state index in [4.69, 9.17) is 0 Å². The lowest BCUT2D eigenvalue weighted by Crippen LogP contribution is -2.46. The number of piperazine rings is 1. The molecule has 9 heteroatoms. The second-order valence-electron chi connectivity index (χ2n) is 5.83. The van der Waals surface area contributed by atoms with Crippen molar-refractivity contribution in [3.8, 4) is 0 Å². The van der Waals surface area contributed by atoms with Crippen molar-refractivity contribution in [2.75, 3.05) is 42.9 Å². The van der Waals surface area contributed by atoms with E-state index in [1.165, 1.54) is 0 Å². The number of rotatable bonds is 5. The van der Waals surface area contributed by atoms with Gasteiger partial charge in [-0.2, -0.15) is 13.2 Å². The molecule has 0 saturated carbocycles. The first-order chi connectivity index (χ1) is 12.0. The van der Waals surface area contributed by atoms with Crippen LogP contribution in [0.2, 0.25) is 0 Å². The number of halogens is 3. The quantitative estimate of drug-likeness (QED) is 0.874. The van der Waals surface area contributed by atoms with E-state index < -0.39 is 11.1 Å². The normalized spacial score (nSPS) is 16.2. The molecule has 2 aromatic rings. The van der Waals surface area contributed by atoms with Gasteiger partial charge in [-0.15, -0.1) is 0 Å². The summed E-state index contributed by atoms with van der Waals surface area (Å²) < 4.78 is 37.7. The molecule has 3 heterocycles. The van der Waals surface area contributed by atoms with Gasteiger partial charge in [0.05, 0.1) is 6.20 Å². The van der Waals surface area contributed by atoms with Crippen molar-refractivity contribution in [2.24, 2.45) is 0 Å². The molecule has 1 fully saturated rings. The summed E-state index contributed by atoms with van der Waals surface area (Å²) in [6.07, 6.45) is -1.74. The number of anilines is 2. The van der Waals surface area contributed by atoms with Gasteiger partial charge in [-0.1, -0.05) is 24.3 Å². The summed E-state index contributed by atoms with van der Waals surface area (Å²) in [6.45, 7) is 7.60. The van der Waals surface area contributed by atoms with Crippen molar-refractivity contribution >= 4 is 22.3 Å². The van der Waals surface area contributed by atoms with E-state index in [2.05, 4.69) is 32.0 Å². The van der Waals surface area contributed by atoms with Crippen molar-refractivity contribution < 1.29 is 13.2 Å². The Morgan fingerprint density at radius 1 is 1.12 bits per heavy atom. The second-order valence-corrected chi connectivity index (χ2v) is 6.86. The Balaban J connectivity index is 1.53. The van der Waals surface area contributed by atoms with Crippen LogP contribution in [0.25, 0.3) is 0 Å². The SMILES string of the molecule is CCN1CCN(c2ccc(CNc3ncc(C(F)(F)F)s3)cn2)CC1. The highest BCUT2D eigenvalue weighted by Gasteiger charge is 2.33. The summed E-state index contributed by atoms with van der Waals surface area (Å²) in [5.74, 6) is 0.938. The second kappa shape index (κ2) is 7.57. The summed E-state index contributed by atoms with van der Waals surface area (Å²) in [7, 11) is 0. The molecule has 0 atom stereocenters. The van der Waals surface area contributed by atoms with Crippen molar-refractivity contribution in [1.82, 2.24) is 14.9 Å². The number of hydrogen-bond donors (Lipinski definition) is 1. The lowest BCUT2D eigenvalue weighted by Gasteiger charge is -2.34. The minimum atomic E-state index is -4.34. The number of alkyl halides is 3. The predicted molar refractivity (Wildman–Crippen MR) is 93.0 cm³/mol. The molecule has 0 radical (unpaired) electrons. The third-order valence-corrected chi connectivity index (χ3v) is 5.18. The van der Waals surface area contributed by atoms with Crippen molar-refractivity contribution in [1.29, 1.82) is 0 Å². The van der Waals surface area contributed by atoms with E-state index in [0.29, 0.717) is 17.9 Å². The Hall–Kier alpha value is -1.87. The van der Waals surface area contributed by atoms with E-state index in [-0.39, 0.29) is 5.13 Å². The van der Waals surface area contributed by atoms with Crippen LogP contribution in [0.15, 0.2) is 24.5 Å². The van der Waals surface area contributed by atoms with E-state index in [9.17, 15) is 13.2 Å². The summed E-state index contributed by atoms with van der Waals surface area (Å²) in [4.78, 5) is 12.2. The lowest BCUT2D eigenvalue weighted by atomic mass is 10.2. The minimum absolute atomic E-state index is 0.257. The van der Waals surface area contributed by atoms with Crippen molar-refractivity contribution in [3.05, 3.63) is 35.0 Å². The minimum Gasteiger partial charge on any atom is -0.357 e. The van der Waals surface area contributed by atoms with E-state index in [1.54, 1.807) is 6.20 Å². The largest absolute Gasteiger partial charge is 0.427 e. The Morgan fingerprint density at radius 3 is 2.44 bits per heavy atom. The summed E-state index contributed by atoms with van der Waals surface area (Å²) in [5, 5.41) is 3.17. The predicted octanol–water partition coefficient (Wildman–Crippen LogP) is 3.31. The number of likely N-dealkylation sites (N-methyl/N-ethyl adjacent to an activating group) is 1. The van der Waals surface area contributed by atoms with Gasteiger partial charge < -0.3 is 15.1 Å². The third kappa shape index (κ3) is 4.60. The first-order valence-corrected chi connectivity index (χ1v) is 8.96. The smallest absolute Gasteiger partial charge is 0.357 e. The first kappa shape index (κ1) is 17.9. The molecule has 1 N–H and O–H groups in total. The number of aromatic nitrogens is 2. The molecule has 136 valence electrons.